The summed E-state index contributed by atoms with van der Waals surface area (Å²) in [5.41, 5.74) is 0.640. The number of benzene rings is 1. The summed E-state index contributed by atoms with van der Waals surface area (Å²) < 4.78 is 15.8. The van der Waals surface area contributed by atoms with Crippen molar-refractivity contribution in [1.29, 1.82) is 0 Å². The number of rotatable bonds is 4. The van der Waals surface area contributed by atoms with E-state index in [9.17, 15) is 9.59 Å². The zero-order valence-electron chi connectivity index (χ0n) is 14.8. The first kappa shape index (κ1) is 17.5. The van der Waals surface area contributed by atoms with Crippen LogP contribution < -0.4 is 20.1 Å². The van der Waals surface area contributed by atoms with E-state index >= 15 is 0 Å². The van der Waals surface area contributed by atoms with Gasteiger partial charge in [-0.05, 0) is 25.1 Å². The van der Waals surface area contributed by atoms with Gasteiger partial charge in [-0.15, -0.1) is 0 Å². The molecule has 1 aromatic carbocycles. The number of nitrogens with zero attached hydrogens (tertiary/aromatic N) is 3. The van der Waals surface area contributed by atoms with Gasteiger partial charge >= 0.3 is 12.0 Å². The zero-order valence-corrected chi connectivity index (χ0v) is 14.8. The number of hydrogen-bond acceptors (Lipinski definition) is 8. The number of anilines is 2. The molecule has 2 aromatic heterocycles. The summed E-state index contributed by atoms with van der Waals surface area (Å²) in [5, 5.41) is 5.75. The number of fused-ring (bicyclic) bond motifs is 2. The van der Waals surface area contributed by atoms with E-state index < -0.39 is 12.0 Å². The predicted octanol–water partition coefficient (Wildman–Crippen LogP) is 2.57. The van der Waals surface area contributed by atoms with Crippen LogP contribution in [-0.2, 0) is 4.74 Å². The molecule has 4 rings (SSSR count). The molecule has 0 fully saturated rings. The molecule has 10 heteroatoms. The first-order valence-electron chi connectivity index (χ1n) is 8.39. The molecule has 0 unspecified atom stereocenters. The number of aromatic nitrogens is 3. The lowest BCUT2D eigenvalue weighted by Crippen LogP contribution is -2.23. The first-order chi connectivity index (χ1) is 13.6. The number of pyridine rings is 1. The largest absolute Gasteiger partial charge is 0.462 e. The fourth-order valence-electron chi connectivity index (χ4n) is 2.64. The minimum atomic E-state index is -0.614. The van der Waals surface area contributed by atoms with Crippen molar-refractivity contribution in [1.82, 2.24) is 15.0 Å². The molecule has 2 amide bonds. The molecule has 0 bridgehead atoms. The number of esters is 1. The van der Waals surface area contributed by atoms with Crippen LogP contribution in [0.1, 0.15) is 17.3 Å². The molecule has 1 aliphatic heterocycles. The van der Waals surface area contributed by atoms with Crippen LogP contribution in [0, 0.1) is 0 Å². The van der Waals surface area contributed by atoms with E-state index in [1.54, 1.807) is 25.1 Å². The minimum Gasteiger partial charge on any atom is -0.462 e. The van der Waals surface area contributed by atoms with Crippen molar-refractivity contribution < 1.29 is 23.8 Å². The monoisotopic (exact) mass is 381 g/mol. The normalized spacial score (nSPS) is 11.9. The van der Waals surface area contributed by atoms with Crippen molar-refractivity contribution in [3.63, 3.8) is 0 Å². The molecule has 10 nitrogen and oxygen atoms in total. The summed E-state index contributed by atoms with van der Waals surface area (Å²) in [6, 6.07) is 5.90. The van der Waals surface area contributed by atoms with E-state index in [1.807, 2.05) is 0 Å². The molecule has 28 heavy (non-hydrogen) atoms. The van der Waals surface area contributed by atoms with Gasteiger partial charge in [-0.1, -0.05) is 0 Å². The average Bonchev–Trinajstić information content (AvgIpc) is 3.13. The lowest BCUT2D eigenvalue weighted by Gasteiger charge is -2.12. The number of nitrogens with one attached hydrogen (secondary N) is 2. The van der Waals surface area contributed by atoms with Gasteiger partial charge < -0.3 is 14.2 Å². The van der Waals surface area contributed by atoms with E-state index in [-0.39, 0.29) is 24.8 Å². The Morgan fingerprint density at radius 2 is 2.00 bits per heavy atom. The maximum atomic E-state index is 12.4. The Hall–Kier alpha value is -3.95. The van der Waals surface area contributed by atoms with Crippen molar-refractivity contribution in [3.8, 4) is 11.5 Å². The van der Waals surface area contributed by atoms with Gasteiger partial charge in [0.05, 0.1) is 12.1 Å². The third kappa shape index (κ3) is 3.47. The Balaban J connectivity index is 1.69. The van der Waals surface area contributed by atoms with Crippen LogP contribution >= 0.6 is 0 Å². The second-order valence-corrected chi connectivity index (χ2v) is 5.68. The highest BCUT2D eigenvalue weighted by atomic mass is 16.7. The maximum Gasteiger partial charge on any atom is 0.341 e. The van der Waals surface area contributed by atoms with Gasteiger partial charge in [-0.3, -0.25) is 10.6 Å². The third-order valence-corrected chi connectivity index (χ3v) is 3.86. The molecule has 0 saturated heterocycles. The number of carbonyl (C=O) groups is 2. The molecule has 3 heterocycles. The summed E-state index contributed by atoms with van der Waals surface area (Å²) in [6.45, 7) is 1.99. The van der Waals surface area contributed by atoms with Gasteiger partial charge in [0.25, 0.3) is 0 Å². The molecule has 0 atom stereocenters. The van der Waals surface area contributed by atoms with Crippen molar-refractivity contribution in [3.05, 3.63) is 42.4 Å². The highest BCUT2D eigenvalue weighted by Gasteiger charge is 2.21. The lowest BCUT2D eigenvalue weighted by molar-refractivity contribution is 0.0527. The van der Waals surface area contributed by atoms with E-state index in [4.69, 9.17) is 14.2 Å². The van der Waals surface area contributed by atoms with Crippen LogP contribution in [0.2, 0.25) is 0 Å². The van der Waals surface area contributed by atoms with Crippen LogP contribution in [0.5, 0.6) is 11.5 Å². The Morgan fingerprint density at radius 3 is 2.75 bits per heavy atom. The predicted molar refractivity (Wildman–Crippen MR) is 98.5 cm³/mol. The van der Waals surface area contributed by atoms with Crippen LogP contribution in [0.3, 0.4) is 0 Å². The zero-order chi connectivity index (χ0) is 19.5. The first-order valence-corrected chi connectivity index (χ1v) is 8.39. The van der Waals surface area contributed by atoms with Crippen LogP contribution in [0.25, 0.3) is 10.9 Å². The van der Waals surface area contributed by atoms with Gasteiger partial charge in [0, 0.05) is 17.6 Å². The summed E-state index contributed by atoms with van der Waals surface area (Å²) in [7, 11) is 0. The van der Waals surface area contributed by atoms with E-state index in [1.165, 1.54) is 18.6 Å². The summed E-state index contributed by atoms with van der Waals surface area (Å²) in [6.07, 6.45) is 2.79. The molecule has 0 saturated carbocycles. The highest BCUT2D eigenvalue weighted by molar-refractivity contribution is 6.06. The van der Waals surface area contributed by atoms with Gasteiger partial charge in [0.2, 0.25) is 6.79 Å². The SMILES string of the molecule is CCOC(=O)c1cc2cc3c(cc2nc1NC(=O)Nc1ccncn1)OCO3. The fraction of sp³-hybridized carbons (Fsp3) is 0.167. The number of carbonyl (C=O) groups excluding carboxylic acids is 2. The molecule has 3 aromatic rings. The Bertz CT molecular complexity index is 1060. The van der Waals surface area contributed by atoms with Gasteiger partial charge in [0.1, 0.15) is 23.5 Å². The number of hydrogen-bond donors (Lipinski definition) is 2. The smallest absolute Gasteiger partial charge is 0.341 e. The molecular weight excluding hydrogens is 366 g/mol. The van der Waals surface area contributed by atoms with E-state index in [0.29, 0.717) is 28.2 Å². The van der Waals surface area contributed by atoms with Gasteiger partial charge in [-0.2, -0.15) is 0 Å². The summed E-state index contributed by atoms with van der Waals surface area (Å²) in [4.78, 5) is 36.8. The summed E-state index contributed by atoms with van der Waals surface area (Å²) in [5.74, 6) is 0.851. The Labute approximate surface area is 158 Å². The van der Waals surface area contributed by atoms with Crippen LogP contribution in [0.4, 0.5) is 16.4 Å². The fourth-order valence-corrected chi connectivity index (χ4v) is 2.64. The van der Waals surface area contributed by atoms with Gasteiger partial charge in [-0.25, -0.2) is 24.5 Å². The molecular formula is C18H15N5O5. The van der Waals surface area contributed by atoms with Crippen molar-refractivity contribution in [2.75, 3.05) is 24.0 Å². The average molecular weight is 381 g/mol. The van der Waals surface area contributed by atoms with Gasteiger partial charge in [0.15, 0.2) is 11.5 Å². The molecule has 142 valence electrons. The molecule has 2 N–H and O–H groups in total. The van der Waals surface area contributed by atoms with E-state index in [0.717, 1.165) is 0 Å². The molecule has 0 radical (unpaired) electrons. The third-order valence-electron chi connectivity index (χ3n) is 3.86. The topological polar surface area (TPSA) is 125 Å². The quantitative estimate of drug-likeness (QED) is 0.661. The second kappa shape index (κ2) is 7.35. The maximum absolute atomic E-state index is 12.4. The molecule has 0 spiro atoms. The van der Waals surface area contributed by atoms with Crippen LogP contribution in [0.15, 0.2) is 36.8 Å². The van der Waals surface area contributed by atoms with Crippen molar-refractivity contribution in [2.24, 2.45) is 0 Å². The Morgan fingerprint density at radius 1 is 1.18 bits per heavy atom. The molecule has 0 aliphatic carbocycles. The second-order valence-electron chi connectivity index (χ2n) is 5.68. The number of ether oxygens (including phenoxy) is 3. The lowest BCUT2D eigenvalue weighted by atomic mass is 10.1. The molecule has 1 aliphatic rings. The van der Waals surface area contributed by atoms with Crippen LogP contribution in [-0.4, -0.2) is 40.4 Å². The minimum absolute atomic E-state index is 0.0522. The standard InChI is InChI=1S/C18H15N5O5/c1-2-26-17(24)11-5-10-6-13-14(28-9-27-13)7-12(10)21-16(11)23-18(25)22-15-3-4-19-8-20-15/h3-8H,2,9H2,1H3,(H2,19,20,21,22,23,25). The van der Waals surface area contributed by atoms with Crippen molar-refractivity contribution in [2.45, 2.75) is 6.92 Å². The number of amides is 2. The Kier molecular flexibility index (Phi) is 4.58. The van der Waals surface area contributed by atoms with Crippen molar-refractivity contribution >= 4 is 34.5 Å². The highest BCUT2D eigenvalue weighted by Crippen LogP contribution is 2.36. The van der Waals surface area contributed by atoms with E-state index in [2.05, 4.69) is 25.6 Å². The summed E-state index contributed by atoms with van der Waals surface area (Å²) >= 11 is 0. The number of urea groups is 1.